The Labute approximate surface area is 180 Å². The summed E-state index contributed by atoms with van der Waals surface area (Å²) in [6, 6.07) is 6.18. The molecule has 4 rings (SSSR count). The Bertz CT molecular complexity index is 1050. The Morgan fingerprint density at radius 2 is 2.07 bits per heavy atom. The molecule has 4 nitrogen and oxygen atoms in total. The summed E-state index contributed by atoms with van der Waals surface area (Å²) in [5, 5.41) is 3.91. The number of Topliss-reactive ketones (excluding diaryl/α,β-unsaturated/α-hetero) is 1. The second kappa shape index (κ2) is 7.94. The number of amides is 1. The van der Waals surface area contributed by atoms with Crippen molar-refractivity contribution in [3.8, 4) is 0 Å². The highest BCUT2D eigenvalue weighted by atomic mass is 79.9. The van der Waals surface area contributed by atoms with Gasteiger partial charge in [-0.1, -0.05) is 34.0 Å². The van der Waals surface area contributed by atoms with Crippen molar-refractivity contribution in [2.75, 3.05) is 6.54 Å². The third kappa shape index (κ3) is 3.85. The lowest BCUT2D eigenvalue weighted by molar-refractivity contribution is -0.115. The normalized spacial score (nSPS) is 17.7. The Balaban J connectivity index is 1.56. The van der Waals surface area contributed by atoms with Crippen LogP contribution in [0.2, 0.25) is 0 Å². The highest BCUT2D eigenvalue weighted by Crippen LogP contribution is 2.38. The van der Waals surface area contributed by atoms with Crippen molar-refractivity contribution in [2.24, 2.45) is 5.92 Å². The van der Waals surface area contributed by atoms with Crippen LogP contribution in [-0.2, 0) is 4.79 Å². The second-order valence-corrected chi connectivity index (χ2v) is 9.41. The third-order valence-corrected chi connectivity index (χ3v) is 6.70. The summed E-state index contributed by atoms with van der Waals surface area (Å²) in [5.74, 6) is 0.585. The summed E-state index contributed by atoms with van der Waals surface area (Å²) in [5.41, 5.74) is 4.65. The fraction of sp³-hybridized carbons (Fsp3) is 0.417. The Morgan fingerprint density at radius 1 is 1.31 bits per heavy atom. The molecule has 1 N–H and O–H groups in total. The molecule has 2 aliphatic carbocycles. The van der Waals surface area contributed by atoms with Gasteiger partial charge in [-0.05, 0) is 63.3 Å². The lowest BCUT2D eigenvalue weighted by Gasteiger charge is -2.30. The molecule has 0 saturated heterocycles. The molecule has 29 heavy (non-hydrogen) atoms. The highest BCUT2D eigenvalue weighted by molar-refractivity contribution is 9.10. The van der Waals surface area contributed by atoms with Gasteiger partial charge in [-0.3, -0.25) is 9.59 Å². The van der Waals surface area contributed by atoms with Gasteiger partial charge in [0, 0.05) is 46.2 Å². The fourth-order valence-electron chi connectivity index (χ4n) is 4.34. The molecule has 1 heterocycles. The van der Waals surface area contributed by atoms with E-state index in [-0.39, 0.29) is 18.2 Å². The van der Waals surface area contributed by atoms with Crippen LogP contribution >= 0.6 is 15.9 Å². The molecule has 1 aromatic carbocycles. The van der Waals surface area contributed by atoms with Gasteiger partial charge in [-0.2, -0.15) is 0 Å². The van der Waals surface area contributed by atoms with E-state index in [9.17, 15) is 9.59 Å². The summed E-state index contributed by atoms with van der Waals surface area (Å²) in [4.78, 5) is 25.7. The molecule has 2 aliphatic rings. The molecule has 0 spiro atoms. The van der Waals surface area contributed by atoms with E-state index in [1.54, 1.807) is 0 Å². The highest BCUT2D eigenvalue weighted by Gasteiger charge is 2.28. The largest absolute Gasteiger partial charge is 0.348 e. The lowest BCUT2D eigenvalue weighted by atomic mass is 9.75. The molecule has 0 radical (unpaired) electrons. The van der Waals surface area contributed by atoms with Gasteiger partial charge in [0.25, 0.3) is 5.91 Å². The lowest BCUT2D eigenvalue weighted by Crippen LogP contribution is -2.30. The molecule has 1 aromatic heterocycles. The topological polar surface area (TPSA) is 51.1 Å². The van der Waals surface area contributed by atoms with Crippen LogP contribution in [0.25, 0.3) is 10.9 Å². The molecule has 2 aromatic rings. The van der Waals surface area contributed by atoms with Crippen LogP contribution in [0.4, 0.5) is 0 Å². The van der Waals surface area contributed by atoms with Gasteiger partial charge in [-0.25, -0.2) is 0 Å². The quantitative estimate of drug-likeness (QED) is 0.626. The van der Waals surface area contributed by atoms with Crippen LogP contribution in [0.15, 0.2) is 51.7 Å². The van der Waals surface area contributed by atoms with Crippen molar-refractivity contribution < 1.29 is 9.59 Å². The predicted molar refractivity (Wildman–Crippen MR) is 120 cm³/mol. The summed E-state index contributed by atoms with van der Waals surface area (Å²) < 4.78 is 3.02. The number of carbonyl (C=O) groups is 2. The molecule has 1 saturated carbocycles. The third-order valence-electron chi connectivity index (χ3n) is 6.24. The van der Waals surface area contributed by atoms with E-state index in [1.165, 1.54) is 24.8 Å². The number of aromatic nitrogens is 1. The van der Waals surface area contributed by atoms with Crippen molar-refractivity contribution in [2.45, 2.75) is 52.5 Å². The number of rotatable bonds is 5. The standard InChI is InChI=1S/C24H27BrN2O2/c1-14(2)27-8-7-19-20(11-18(25)12-22(19)27)24(29)26-13-21-15(3)9-17(10-23(21)28)16-5-4-6-16/h7-9,11-12,14,16H,4-6,10,13H2,1-3H3,(H,26,29). The first-order chi connectivity index (χ1) is 13.8. The van der Waals surface area contributed by atoms with Gasteiger partial charge >= 0.3 is 0 Å². The first kappa shape index (κ1) is 20.1. The van der Waals surface area contributed by atoms with E-state index in [1.807, 2.05) is 31.3 Å². The average Bonchev–Trinajstić information content (AvgIpc) is 3.02. The Kier molecular flexibility index (Phi) is 5.52. The van der Waals surface area contributed by atoms with Gasteiger partial charge in [0.1, 0.15) is 0 Å². The van der Waals surface area contributed by atoms with Crippen LogP contribution in [0.5, 0.6) is 0 Å². The number of hydrogen-bond donors (Lipinski definition) is 1. The van der Waals surface area contributed by atoms with Crippen molar-refractivity contribution in [3.05, 3.63) is 57.2 Å². The monoisotopic (exact) mass is 454 g/mol. The second-order valence-electron chi connectivity index (χ2n) is 8.49. The minimum absolute atomic E-state index is 0.151. The van der Waals surface area contributed by atoms with Gasteiger partial charge in [-0.15, -0.1) is 0 Å². The van der Waals surface area contributed by atoms with Crippen LogP contribution in [-0.4, -0.2) is 22.8 Å². The molecule has 1 fully saturated rings. The van der Waals surface area contributed by atoms with Crippen molar-refractivity contribution in [3.63, 3.8) is 0 Å². The maximum Gasteiger partial charge on any atom is 0.252 e. The number of benzene rings is 1. The fourth-order valence-corrected chi connectivity index (χ4v) is 4.78. The summed E-state index contributed by atoms with van der Waals surface area (Å²) in [7, 11) is 0. The van der Waals surface area contributed by atoms with Crippen LogP contribution in [0.1, 0.15) is 62.9 Å². The molecule has 0 aliphatic heterocycles. The van der Waals surface area contributed by atoms with E-state index >= 15 is 0 Å². The number of allylic oxidation sites excluding steroid dienone is 3. The zero-order valence-electron chi connectivity index (χ0n) is 17.2. The van der Waals surface area contributed by atoms with Crippen molar-refractivity contribution in [1.82, 2.24) is 9.88 Å². The van der Waals surface area contributed by atoms with Crippen LogP contribution < -0.4 is 5.32 Å². The molecule has 0 bridgehead atoms. The number of nitrogens with one attached hydrogen (secondary N) is 1. The molecule has 5 heteroatoms. The maximum atomic E-state index is 13.0. The first-order valence-electron chi connectivity index (χ1n) is 10.4. The smallest absolute Gasteiger partial charge is 0.252 e. The minimum atomic E-state index is -0.153. The summed E-state index contributed by atoms with van der Waals surface area (Å²) in [6.07, 6.45) is 8.36. The number of nitrogens with zero attached hydrogens (tertiary/aromatic N) is 1. The number of ketones is 1. The average molecular weight is 455 g/mol. The summed E-state index contributed by atoms with van der Waals surface area (Å²) in [6.45, 7) is 6.50. The Hall–Kier alpha value is -2.14. The van der Waals surface area contributed by atoms with E-state index in [2.05, 4.69) is 45.7 Å². The van der Waals surface area contributed by atoms with E-state index in [0.29, 0.717) is 23.9 Å². The molecular weight excluding hydrogens is 428 g/mol. The zero-order chi connectivity index (χ0) is 20.7. The van der Waals surface area contributed by atoms with Gasteiger partial charge < -0.3 is 9.88 Å². The minimum Gasteiger partial charge on any atom is -0.348 e. The number of fused-ring (bicyclic) bond motifs is 1. The number of halogens is 1. The van der Waals surface area contributed by atoms with Gasteiger partial charge in [0.15, 0.2) is 5.78 Å². The van der Waals surface area contributed by atoms with Gasteiger partial charge in [0.2, 0.25) is 0 Å². The van der Waals surface area contributed by atoms with E-state index in [4.69, 9.17) is 0 Å². The van der Waals surface area contributed by atoms with Crippen molar-refractivity contribution in [1.29, 1.82) is 0 Å². The maximum absolute atomic E-state index is 13.0. The number of carbonyl (C=O) groups excluding carboxylic acids is 2. The SMILES string of the molecule is CC1=C(CNC(=O)c2cc(Br)cc3c2ccn3C(C)C)C(=O)CC(C2CCC2)=C1. The van der Waals surface area contributed by atoms with Crippen LogP contribution in [0.3, 0.4) is 0 Å². The molecular formula is C24H27BrN2O2. The molecule has 0 atom stereocenters. The van der Waals surface area contributed by atoms with Gasteiger partial charge in [0.05, 0.1) is 5.52 Å². The first-order valence-corrected chi connectivity index (χ1v) is 11.2. The van der Waals surface area contributed by atoms with E-state index < -0.39 is 0 Å². The number of hydrogen-bond acceptors (Lipinski definition) is 2. The molecule has 152 valence electrons. The molecule has 1 amide bonds. The predicted octanol–water partition coefficient (Wildman–Crippen LogP) is 5.73. The summed E-state index contributed by atoms with van der Waals surface area (Å²) >= 11 is 3.53. The Morgan fingerprint density at radius 3 is 2.69 bits per heavy atom. The molecule has 0 unspecified atom stereocenters. The van der Waals surface area contributed by atoms with E-state index in [0.717, 1.165) is 26.5 Å². The van der Waals surface area contributed by atoms with Crippen molar-refractivity contribution >= 4 is 38.5 Å². The van der Waals surface area contributed by atoms with Crippen LogP contribution in [0, 0.1) is 5.92 Å². The zero-order valence-corrected chi connectivity index (χ0v) is 18.8.